The lowest BCUT2D eigenvalue weighted by molar-refractivity contribution is 0.175. The molecule has 0 aliphatic carbocycles. The molecule has 0 saturated carbocycles. The van der Waals surface area contributed by atoms with Gasteiger partial charge >= 0.3 is 0 Å². The van der Waals surface area contributed by atoms with Crippen LogP contribution in [0, 0.1) is 5.92 Å². The first-order chi connectivity index (χ1) is 12.7. The topological polar surface area (TPSA) is 37.6 Å². The molecule has 26 heavy (non-hydrogen) atoms. The Morgan fingerprint density at radius 3 is 2.62 bits per heavy atom. The summed E-state index contributed by atoms with van der Waals surface area (Å²) in [5.74, 6) is 0.751. The first-order valence-electron chi connectivity index (χ1n) is 9.11. The number of nitrogens with zero attached hydrogens (tertiary/aromatic N) is 3. The molecule has 1 aliphatic rings. The van der Waals surface area contributed by atoms with E-state index in [1.54, 1.807) is 16.7 Å². The molecule has 4 rings (SSSR count). The van der Waals surface area contributed by atoms with E-state index in [2.05, 4.69) is 56.1 Å². The fourth-order valence-electron chi connectivity index (χ4n) is 3.73. The van der Waals surface area contributed by atoms with Crippen LogP contribution in [-0.4, -0.2) is 27.4 Å². The van der Waals surface area contributed by atoms with Crippen LogP contribution in [0.3, 0.4) is 0 Å². The Balaban J connectivity index is 1.39. The summed E-state index contributed by atoms with van der Waals surface area (Å²) < 4.78 is 2.46. The molecule has 0 N–H and O–H groups in total. The molecule has 3 aromatic rings. The van der Waals surface area contributed by atoms with Crippen molar-refractivity contribution in [2.24, 2.45) is 5.92 Å². The van der Waals surface area contributed by atoms with E-state index in [1.165, 1.54) is 24.8 Å². The van der Waals surface area contributed by atoms with Gasteiger partial charge in [0.05, 0.1) is 5.69 Å². The van der Waals surface area contributed by atoms with Crippen molar-refractivity contribution in [2.75, 3.05) is 13.1 Å². The summed E-state index contributed by atoms with van der Waals surface area (Å²) in [4.78, 5) is 19.4. The van der Waals surface area contributed by atoms with Gasteiger partial charge < -0.3 is 0 Å². The average molecular weight is 412 g/mol. The predicted octanol–water partition coefficient (Wildman–Crippen LogP) is 3.91. The predicted molar refractivity (Wildman–Crippen MR) is 107 cm³/mol. The molecule has 0 atom stereocenters. The molecule has 0 radical (unpaired) electrons. The van der Waals surface area contributed by atoms with Gasteiger partial charge in [0.2, 0.25) is 0 Å². The first-order valence-corrected chi connectivity index (χ1v) is 9.91. The second kappa shape index (κ2) is 7.72. The Morgan fingerprint density at radius 2 is 1.85 bits per heavy atom. The molecule has 0 bridgehead atoms. The quantitative estimate of drug-likeness (QED) is 0.652. The highest BCUT2D eigenvalue weighted by atomic mass is 79.9. The number of halogens is 1. The largest absolute Gasteiger partial charge is 0.297 e. The van der Waals surface area contributed by atoms with Gasteiger partial charge in [0.15, 0.2) is 0 Å². The highest BCUT2D eigenvalue weighted by Crippen LogP contribution is 2.22. The number of piperidine rings is 1. The normalized spacial score (nSPS) is 16.2. The van der Waals surface area contributed by atoms with Gasteiger partial charge in [-0.3, -0.25) is 14.1 Å². The number of aromatic nitrogens is 2. The lowest BCUT2D eigenvalue weighted by Gasteiger charge is -2.31. The number of rotatable bonds is 4. The lowest BCUT2D eigenvalue weighted by atomic mass is 9.90. The van der Waals surface area contributed by atoms with Crippen LogP contribution in [0.1, 0.15) is 24.1 Å². The summed E-state index contributed by atoms with van der Waals surface area (Å²) in [6, 6.07) is 16.2. The van der Waals surface area contributed by atoms with Gasteiger partial charge in [-0.15, -0.1) is 0 Å². The smallest absolute Gasteiger partial charge is 0.258 e. The van der Waals surface area contributed by atoms with Crippen molar-refractivity contribution in [3.8, 4) is 0 Å². The molecule has 1 aliphatic heterocycles. The van der Waals surface area contributed by atoms with Crippen molar-refractivity contribution in [1.82, 2.24) is 14.3 Å². The Bertz CT molecular complexity index is 946. The number of likely N-dealkylation sites (tertiary alicyclic amines) is 1. The van der Waals surface area contributed by atoms with E-state index in [9.17, 15) is 4.79 Å². The van der Waals surface area contributed by atoms with E-state index in [1.807, 2.05) is 12.1 Å². The maximum absolute atomic E-state index is 12.3. The number of pyridine rings is 1. The van der Waals surface area contributed by atoms with Crippen LogP contribution in [0.4, 0.5) is 0 Å². The summed E-state index contributed by atoms with van der Waals surface area (Å²) >= 11 is 3.40. The Morgan fingerprint density at radius 1 is 1.08 bits per heavy atom. The number of hydrogen-bond donors (Lipinski definition) is 0. The van der Waals surface area contributed by atoms with Crippen molar-refractivity contribution < 1.29 is 0 Å². The van der Waals surface area contributed by atoms with Crippen molar-refractivity contribution in [3.05, 3.63) is 80.8 Å². The summed E-state index contributed by atoms with van der Waals surface area (Å²) in [5.41, 5.74) is 2.97. The summed E-state index contributed by atoms with van der Waals surface area (Å²) in [6.45, 7) is 2.89. The Kier molecular flexibility index (Phi) is 5.18. The standard InChI is InChI=1S/C21H22BrN3O/c22-18-6-7-20-23-19(13-21(26)25(20)14-18)15-24-10-8-17(9-11-24)12-16-4-2-1-3-5-16/h1-7,13-14,17H,8-12,15H2. The van der Waals surface area contributed by atoms with Gasteiger partial charge in [-0.2, -0.15) is 0 Å². The maximum atomic E-state index is 12.3. The second-order valence-corrected chi connectivity index (χ2v) is 7.99. The molecule has 4 nitrogen and oxygen atoms in total. The highest BCUT2D eigenvalue weighted by molar-refractivity contribution is 9.10. The molecule has 3 heterocycles. The molecule has 1 saturated heterocycles. The van der Waals surface area contributed by atoms with Gasteiger partial charge in [0.25, 0.3) is 5.56 Å². The lowest BCUT2D eigenvalue weighted by Crippen LogP contribution is -2.34. The molecule has 5 heteroatoms. The fourth-order valence-corrected chi connectivity index (χ4v) is 4.07. The maximum Gasteiger partial charge on any atom is 0.258 e. The Labute approximate surface area is 161 Å². The Hall–Kier alpha value is -1.98. The van der Waals surface area contributed by atoms with Crippen molar-refractivity contribution in [2.45, 2.75) is 25.8 Å². The van der Waals surface area contributed by atoms with Crippen LogP contribution >= 0.6 is 15.9 Å². The molecule has 2 aromatic heterocycles. The van der Waals surface area contributed by atoms with Crippen LogP contribution in [0.5, 0.6) is 0 Å². The summed E-state index contributed by atoms with van der Waals surface area (Å²) in [5, 5.41) is 0. The number of benzene rings is 1. The van der Waals surface area contributed by atoms with Crippen molar-refractivity contribution in [1.29, 1.82) is 0 Å². The third kappa shape index (κ3) is 4.05. The summed E-state index contributed by atoms with van der Waals surface area (Å²) in [6.07, 6.45) is 5.34. The van der Waals surface area contributed by atoms with Crippen LogP contribution < -0.4 is 5.56 Å². The van der Waals surface area contributed by atoms with E-state index < -0.39 is 0 Å². The van der Waals surface area contributed by atoms with Crippen LogP contribution in [0.15, 0.2) is 64.0 Å². The zero-order valence-electron chi connectivity index (χ0n) is 14.6. The van der Waals surface area contributed by atoms with Gasteiger partial charge in [-0.1, -0.05) is 30.3 Å². The molecule has 0 spiro atoms. The average Bonchev–Trinajstić information content (AvgIpc) is 2.65. The van der Waals surface area contributed by atoms with Crippen molar-refractivity contribution >= 4 is 21.6 Å². The van der Waals surface area contributed by atoms with E-state index in [0.29, 0.717) is 5.65 Å². The zero-order chi connectivity index (χ0) is 17.9. The number of hydrogen-bond acceptors (Lipinski definition) is 3. The van der Waals surface area contributed by atoms with Gasteiger partial charge in [0, 0.05) is 23.3 Å². The zero-order valence-corrected chi connectivity index (χ0v) is 16.2. The van der Waals surface area contributed by atoms with E-state index >= 15 is 0 Å². The van der Waals surface area contributed by atoms with E-state index in [0.717, 1.165) is 35.7 Å². The van der Waals surface area contributed by atoms with Crippen LogP contribution in [0.2, 0.25) is 0 Å². The van der Waals surface area contributed by atoms with Gasteiger partial charge in [-0.05, 0) is 71.9 Å². The number of fused-ring (bicyclic) bond motifs is 1. The SMILES string of the molecule is O=c1cc(CN2CCC(Cc3ccccc3)CC2)nc2ccc(Br)cn12. The van der Waals surface area contributed by atoms with Gasteiger partial charge in [0.1, 0.15) is 5.65 Å². The minimum Gasteiger partial charge on any atom is -0.297 e. The minimum absolute atomic E-state index is 0.0229. The van der Waals surface area contributed by atoms with E-state index in [-0.39, 0.29) is 5.56 Å². The molecule has 0 unspecified atom stereocenters. The third-order valence-electron chi connectivity index (χ3n) is 5.14. The fraction of sp³-hybridized carbons (Fsp3) is 0.333. The van der Waals surface area contributed by atoms with Crippen molar-refractivity contribution in [3.63, 3.8) is 0 Å². The first kappa shape index (κ1) is 17.4. The molecular formula is C21H22BrN3O. The molecule has 134 valence electrons. The van der Waals surface area contributed by atoms with Crippen LogP contribution in [-0.2, 0) is 13.0 Å². The minimum atomic E-state index is -0.0229. The monoisotopic (exact) mass is 411 g/mol. The van der Waals surface area contributed by atoms with Crippen LogP contribution in [0.25, 0.3) is 5.65 Å². The molecule has 1 fully saturated rings. The van der Waals surface area contributed by atoms with Gasteiger partial charge in [-0.25, -0.2) is 4.98 Å². The molecular weight excluding hydrogens is 390 g/mol. The summed E-state index contributed by atoms with van der Waals surface area (Å²) in [7, 11) is 0. The third-order valence-corrected chi connectivity index (χ3v) is 5.61. The van der Waals surface area contributed by atoms with E-state index in [4.69, 9.17) is 0 Å². The molecule has 0 amide bonds. The highest BCUT2D eigenvalue weighted by Gasteiger charge is 2.20. The molecule has 1 aromatic carbocycles. The second-order valence-electron chi connectivity index (χ2n) is 7.07.